The fraction of sp³-hybridized carbons (Fsp3) is 0.600. The van der Waals surface area contributed by atoms with Gasteiger partial charge in [0.2, 0.25) is 0 Å². The monoisotopic (exact) mass is 148 g/mol. The van der Waals surface area contributed by atoms with Gasteiger partial charge in [0, 0.05) is 7.11 Å². The van der Waals surface area contributed by atoms with E-state index in [0.717, 1.165) is 7.11 Å². The molecule has 0 unspecified atom stereocenters. The van der Waals surface area contributed by atoms with Crippen LogP contribution < -0.4 is 0 Å². The van der Waals surface area contributed by atoms with Crippen molar-refractivity contribution in [2.24, 2.45) is 0 Å². The molecular weight excluding hydrogens is 140 g/mol. The van der Waals surface area contributed by atoms with Crippen LogP contribution in [0.25, 0.3) is 0 Å². The average Bonchev–Trinajstić information content (AvgIpc) is 1.81. The minimum atomic E-state index is -1.26. The van der Waals surface area contributed by atoms with E-state index in [2.05, 4.69) is 4.74 Å². The molecule has 0 saturated carbocycles. The second-order valence-corrected chi connectivity index (χ2v) is 1.66. The zero-order valence-corrected chi connectivity index (χ0v) is 5.40. The average molecular weight is 148 g/mol. The summed E-state index contributed by atoms with van der Waals surface area (Å²) in [5.74, 6) is -2.45. The second kappa shape index (κ2) is 3.84. The van der Waals surface area contributed by atoms with E-state index in [9.17, 15) is 9.59 Å². The van der Waals surface area contributed by atoms with Gasteiger partial charge in [-0.3, -0.25) is 4.79 Å². The molecule has 0 aliphatic carbocycles. The summed E-state index contributed by atoms with van der Waals surface area (Å²) in [6.45, 7) is 0. The first kappa shape index (κ1) is 8.90. The summed E-state index contributed by atoms with van der Waals surface area (Å²) in [5, 5.41) is 16.4. The Morgan fingerprint density at radius 2 is 2.00 bits per heavy atom. The van der Waals surface area contributed by atoms with Crippen molar-refractivity contribution in [3.05, 3.63) is 0 Å². The highest BCUT2D eigenvalue weighted by Gasteiger charge is 2.19. The molecule has 0 aromatic heterocycles. The van der Waals surface area contributed by atoms with Crippen LogP contribution in [0, 0.1) is 0 Å². The topological polar surface area (TPSA) is 83.8 Å². The van der Waals surface area contributed by atoms with Crippen molar-refractivity contribution >= 4 is 11.9 Å². The van der Waals surface area contributed by atoms with E-state index in [0.29, 0.717) is 0 Å². The van der Waals surface area contributed by atoms with Crippen LogP contribution in [0.1, 0.15) is 6.42 Å². The minimum absolute atomic E-state index is 0.508. The summed E-state index contributed by atoms with van der Waals surface area (Å²) in [7, 11) is 1.15. The molecule has 0 saturated heterocycles. The summed E-state index contributed by atoms with van der Waals surface area (Å²) < 4.78 is 4.34. The van der Waals surface area contributed by atoms with Gasteiger partial charge in [0.25, 0.3) is 0 Å². The molecule has 58 valence electrons. The standard InChI is InChI=1S/C5H8O5/c1-10-3(5(8)9)2-4(6)7/h3H,2H2,1H3,(H,6,7)(H,8,9)/t3-/m1/s1. The third-order valence-electron chi connectivity index (χ3n) is 0.920. The van der Waals surface area contributed by atoms with E-state index in [1.54, 1.807) is 0 Å². The van der Waals surface area contributed by atoms with Crippen molar-refractivity contribution in [1.29, 1.82) is 0 Å². The fourth-order valence-electron chi connectivity index (χ4n) is 0.430. The van der Waals surface area contributed by atoms with Crippen molar-refractivity contribution in [2.45, 2.75) is 12.5 Å². The van der Waals surface area contributed by atoms with E-state index < -0.39 is 24.5 Å². The predicted molar refractivity (Wildman–Crippen MR) is 30.7 cm³/mol. The number of hydrogen-bond donors (Lipinski definition) is 2. The summed E-state index contributed by atoms with van der Waals surface area (Å²) in [5.41, 5.74) is 0. The number of ether oxygens (including phenoxy) is 1. The van der Waals surface area contributed by atoms with Gasteiger partial charge >= 0.3 is 11.9 Å². The molecule has 2 N–H and O–H groups in total. The molecule has 0 bridgehead atoms. The van der Waals surface area contributed by atoms with Gasteiger partial charge in [0.05, 0.1) is 6.42 Å². The lowest BCUT2D eigenvalue weighted by Gasteiger charge is -2.05. The van der Waals surface area contributed by atoms with E-state index >= 15 is 0 Å². The van der Waals surface area contributed by atoms with Crippen molar-refractivity contribution in [3.8, 4) is 0 Å². The van der Waals surface area contributed by atoms with Crippen LogP contribution in [-0.2, 0) is 14.3 Å². The van der Waals surface area contributed by atoms with E-state index in [1.165, 1.54) is 0 Å². The number of aliphatic carboxylic acids is 2. The lowest BCUT2D eigenvalue weighted by molar-refractivity contribution is -0.154. The predicted octanol–water partition coefficient (Wildman–Crippen LogP) is -0.439. The number of hydrogen-bond acceptors (Lipinski definition) is 3. The molecule has 0 aromatic rings. The molecule has 0 spiro atoms. The van der Waals surface area contributed by atoms with Crippen LogP contribution in [0.15, 0.2) is 0 Å². The SMILES string of the molecule is CO[C@H](CC(=O)O)C(=O)O. The molecule has 5 heteroatoms. The molecule has 0 aliphatic heterocycles. The van der Waals surface area contributed by atoms with Crippen LogP contribution in [0.4, 0.5) is 0 Å². The Hall–Kier alpha value is -1.10. The fourth-order valence-corrected chi connectivity index (χ4v) is 0.430. The Balaban J connectivity index is 3.83. The van der Waals surface area contributed by atoms with Gasteiger partial charge in [0.15, 0.2) is 6.10 Å². The minimum Gasteiger partial charge on any atom is -0.481 e. The maximum Gasteiger partial charge on any atom is 0.333 e. The zero-order valence-electron chi connectivity index (χ0n) is 5.40. The molecule has 1 atom stereocenters. The Bertz CT molecular complexity index is 141. The largest absolute Gasteiger partial charge is 0.481 e. The van der Waals surface area contributed by atoms with Gasteiger partial charge in [-0.15, -0.1) is 0 Å². The number of methoxy groups -OCH3 is 1. The third-order valence-corrected chi connectivity index (χ3v) is 0.920. The summed E-state index contributed by atoms with van der Waals surface area (Å²) in [6.07, 6.45) is -1.75. The third kappa shape index (κ3) is 3.03. The summed E-state index contributed by atoms with van der Waals surface area (Å²) in [6, 6.07) is 0. The molecule has 0 heterocycles. The lowest BCUT2D eigenvalue weighted by atomic mass is 10.2. The molecule has 0 radical (unpaired) electrons. The Morgan fingerprint density at radius 1 is 1.50 bits per heavy atom. The van der Waals surface area contributed by atoms with Crippen LogP contribution in [0.3, 0.4) is 0 Å². The normalized spacial score (nSPS) is 12.5. The van der Waals surface area contributed by atoms with Gasteiger partial charge in [-0.1, -0.05) is 0 Å². The number of carboxylic acids is 2. The van der Waals surface area contributed by atoms with Gasteiger partial charge in [-0.25, -0.2) is 4.79 Å². The zero-order chi connectivity index (χ0) is 8.15. The van der Waals surface area contributed by atoms with Crippen LogP contribution in [0.5, 0.6) is 0 Å². The molecular formula is C5H8O5. The first-order valence-corrected chi connectivity index (χ1v) is 2.55. The van der Waals surface area contributed by atoms with E-state index in [4.69, 9.17) is 10.2 Å². The molecule has 0 rings (SSSR count). The molecule has 0 fully saturated rings. The van der Waals surface area contributed by atoms with Crippen molar-refractivity contribution in [1.82, 2.24) is 0 Å². The molecule has 0 aromatic carbocycles. The molecule has 5 nitrogen and oxygen atoms in total. The molecule has 10 heavy (non-hydrogen) atoms. The first-order valence-electron chi connectivity index (χ1n) is 2.55. The van der Waals surface area contributed by atoms with Crippen molar-refractivity contribution in [2.75, 3.05) is 7.11 Å². The van der Waals surface area contributed by atoms with Crippen LogP contribution >= 0.6 is 0 Å². The highest BCUT2D eigenvalue weighted by molar-refractivity contribution is 5.79. The van der Waals surface area contributed by atoms with Crippen LogP contribution in [-0.4, -0.2) is 35.4 Å². The molecule has 0 aliphatic rings. The highest BCUT2D eigenvalue weighted by atomic mass is 16.5. The Kier molecular flexibility index (Phi) is 3.42. The first-order chi connectivity index (χ1) is 4.57. The maximum absolute atomic E-state index is 10.1. The maximum atomic E-state index is 10.1. The number of carboxylic acid groups (broad SMARTS) is 2. The van der Waals surface area contributed by atoms with Gasteiger partial charge in [-0.2, -0.15) is 0 Å². The lowest BCUT2D eigenvalue weighted by Crippen LogP contribution is -2.25. The smallest absolute Gasteiger partial charge is 0.333 e. The van der Waals surface area contributed by atoms with Gasteiger partial charge in [0.1, 0.15) is 0 Å². The highest BCUT2D eigenvalue weighted by Crippen LogP contribution is 1.95. The van der Waals surface area contributed by atoms with Crippen molar-refractivity contribution < 1.29 is 24.5 Å². The van der Waals surface area contributed by atoms with Crippen molar-refractivity contribution in [3.63, 3.8) is 0 Å². The van der Waals surface area contributed by atoms with Crippen LogP contribution in [0.2, 0.25) is 0 Å². The summed E-state index contributed by atoms with van der Waals surface area (Å²) >= 11 is 0. The van der Waals surface area contributed by atoms with E-state index in [1.807, 2.05) is 0 Å². The molecule has 0 amide bonds. The van der Waals surface area contributed by atoms with E-state index in [-0.39, 0.29) is 0 Å². The van der Waals surface area contributed by atoms with Gasteiger partial charge < -0.3 is 14.9 Å². The second-order valence-electron chi connectivity index (χ2n) is 1.66. The quantitative estimate of drug-likeness (QED) is 0.564. The number of rotatable bonds is 4. The Labute approximate surface area is 57.2 Å². The summed E-state index contributed by atoms with van der Waals surface area (Å²) in [4.78, 5) is 20.0. The number of carbonyl (C=O) groups is 2. The Morgan fingerprint density at radius 3 is 2.10 bits per heavy atom. The van der Waals surface area contributed by atoms with Gasteiger partial charge in [-0.05, 0) is 0 Å².